The highest BCUT2D eigenvalue weighted by Crippen LogP contribution is 2.41. The first kappa shape index (κ1) is 18.8. The first-order valence-corrected chi connectivity index (χ1v) is 8.09. The highest BCUT2D eigenvalue weighted by Gasteiger charge is 2.53. The van der Waals surface area contributed by atoms with Crippen molar-refractivity contribution in [2.75, 3.05) is 13.2 Å². The number of carbonyl (C=O) groups excluding carboxylic acids is 2. The fraction of sp³-hybridized carbons (Fsp3) is 0.882. The number of hydrogen-bond acceptors (Lipinski definition) is 4. The summed E-state index contributed by atoms with van der Waals surface area (Å²) in [7, 11) is 0. The molecule has 1 atom stereocenters. The Kier molecular flexibility index (Phi) is 5.52. The number of carbonyl (C=O) groups is 2. The number of esters is 1. The lowest BCUT2D eigenvalue weighted by atomic mass is 9.78. The second-order valence-corrected chi connectivity index (χ2v) is 8.23. The van der Waals surface area contributed by atoms with Crippen LogP contribution in [0.4, 0.5) is 4.79 Å². The third kappa shape index (κ3) is 4.62. The van der Waals surface area contributed by atoms with E-state index in [9.17, 15) is 9.59 Å². The summed E-state index contributed by atoms with van der Waals surface area (Å²) in [5, 5.41) is 0. The summed E-state index contributed by atoms with van der Waals surface area (Å²) in [6.07, 6.45) is 1.55. The summed E-state index contributed by atoms with van der Waals surface area (Å²) in [6, 6.07) is 0. The summed E-state index contributed by atoms with van der Waals surface area (Å²) in [6.45, 7) is 14.3. The van der Waals surface area contributed by atoms with Crippen LogP contribution in [-0.4, -0.2) is 41.3 Å². The molecule has 0 aromatic carbocycles. The highest BCUT2D eigenvalue weighted by molar-refractivity contribution is 5.86. The second-order valence-electron chi connectivity index (χ2n) is 8.23. The van der Waals surface area contributed by atoms with E-state index in [0.717, 1.165) is 6.42 Å². The molecular formula is C17H31NO4. The van der Waals surface area contributed by atoms with Crippen LogP contribution in [0.5, 0.6) is 0 Å². The van der Waals surface area contributed by atoms with E-state index in [-0.39, 0.29) is 11.4 Å². The Morgan fingerprint density at radius 3 is 2.18 bits per heavy atom. The molecule has 1 rings (SSSR count). The van der Waals surface area contributed by atoms with Gasteiger partial charge >= 0.3 is 12.1 Å². The van der Waals surface area contributed by atoms with Crippen LogP contribution in [0.2, 0.25) is 0 Å². The maximum absolute atomic E-state index is 12.7. The standard InChI is InChI=1S/C17H31NO4/c1-8-21-13(19)17(12-15(2,3)4)10-9-11-18(17)14(20)22-16(5,6)7/h8-12H2,1-7H3/t17-/m1/s1. The Bertz CT molecular complexity index is 419. The van der Waals surface area contributed by atoms with E-state index in [4.69, 9.17) is 9.47 Å². The summed E-state index contributed by atoms with van der Waals surface area (Å²) < 4.78 is 10.8. The maximum Gasteiger partial charge on any atom is 0.411 e. The van der Waals surface area contributed by atoms with Crippen LogP contribution < -0.4 is 0 Å². The van der Waals surface area contributed by atoms with Gasteiger partial charge in [0.25, 0.3) is 0 Å². The fourth-order valence-electron chi connectivity index (χ4n) is 3.07. The third-order valence-electron chi connectivity index (χ3n) is 3.58. The van der Waals surface area contributed by atoms with Gasteiger partial charge in [-0.2, -0.15) is 0 Å². The van der Waals surface area contributed by atoms with Gasteiger partial charge in [-0.1, -0.05) is 20.8 Å². The Morgan fingerprint density at radius 1 is 1.14 bits per heavy atom. The predicted molar refractivity (Wildman–Crippen MR) is 85.6 cm³/mol. The molecule has 1 saturated heterocycles. The minimum atomic E-state index is -0.906. The van der Waals surface area contributed by atoms with Gasteiger partial charge in [0.05, 0.1) is 6.61 Å². The van der Waals surface area contributed by atoms with Crippen molar-refractivity contribution < 1.29 is 19.1 Å². The lowest BCUT2D eigenvalue weighted by molar-refractivity contribution is -0.157. The fourth-order valence-corrected chi connectivity index (χ4v) is 3.07. The third-order valence-corrected chi connectivity index (χ3v) is 3.58. The highest BCUT2D eigenvalue weighted by atomic mass is 16.6. The van der Waals surface area contributed by atoms with Gasteiger partial charge in [0.1, 0.15) is 11.1 Å². The summed E-state index contributed by atoms with van der Waals surface area (Å²) in [5.74, 6) is -0.312. The zero-order chi connectivity index (χ0) is 17.2. The molecule has 5 nitrogen and oxygen atoms in total. The van der Waals surface area contributed by atoms with E-state index >= 15 is 0 Å². The van der Waals surface area contributed by atoms with E-state index < -0.39 is 17.2 Å². The average Bonchev–Trinajstić information content (AvgIpc) is 2.69. The zero-order valence-corrected chi connectivity index (χ0v) is 15.1. The van der Waals surface area contributed by atoms with E-state index in [1.54, 1.807) is 11.8 Å². The molecule has 0 radical (unpaired) electrons. The van der Waals surface area contributed by atoms with Crippen LogP contribution in [0, 0.1) is 5.41 Å². The van der Waals surface area contributed by atoms with Gasteiger partial charge in [0, 0.05) is 6.54 Å². The number of ether oxygens (including phenoxy) is 2. The van der Waals surface area contributed by atoms with Crippen molar-refractivity contribution in [3.63, 3.8) is 0 Å². The molecule has 128 valence electrons. The van der Waals surface area contributed by atoms with Crippen molar-refractivity contribution in [3.8, 4) is 0 Å². The van der Waals surface area contributed by atoms with E-state index in [0.29, 0.717) is 26.0 Å². The van der Waals surface area contributed by atoms with Crippen LogP contribution in [0.1, 0.15) is 67.7 Å². The van der Waals surface area contributed by atoms with Gasteiger partial charge in [-0.25, -0.2) is 9.59 Å². The van der Waals surface area contributed by atoms with Crippen LogP contribution in [0.15, 0.2) is 0 Å². The topological polar surface area (TPSA) is 55.8 Å². The number of rotatable bonds is 3. The molecule has 5 heteroatoms. The van der Waals surface area contributed by atoms with Gasteiger partial charge in [0.15, 0.2) is 0 Å². The van der Waals surface area contributed by atoms with Gasteiger partial charge in [-0.3, -0.25) is 4.90 Å². The lowest BCUT2D eigenvalue weighted by Crippen LogP contribution is -2.56. The lowest BCUT2D eigenvalue weighted by Gasteiger charge is -2.40. The van der Waals surface area contributed by atoms with Crippen molar-refractivity contribution in [2.24, 2.45) is 5.41 Å². The Morgan fingerprint density at radius 2 is 1.73 bits per heavy atom. The van der Waals surface area contributed by atoms with Crippen LogP contribution in [0.25, 0.3) is 0 Å². The molecule has 1 aliphatic rings. The van der Waals surface area contributed by atoms with Crippen molar-refractivity contribution >= 4 is 12.1 Å². The van der Waals surface area contributed by atoms with Gasteiger partial charge in [-0.05, 0) is 52.4 Å². The van der Waals surface area contributed by atoms with Crippen LogP contribution >= 0.6 is 0 Å². The smallest absolute Gasteiger partial charge is 0.411 e. The zero-order valence-electron chi connectivity index (χ0n) is 15.1. The normalized spacial score (nSPS) is 22.6. The minimum Gasteiger partial charge on any atom is -0.464 e. The van der Waals surface area contributed by atoms with Crippen molar-refractivity contribution in [1.29, 1.82) is 0 Å². The van der Waals surface area contributed by atoms with E-state index in [2.05, 4.69) is 20.8 Å². The molecule has 0 aliphatic carbocycles. The molecule has 0 aromatic rings. The van der Waals surface area contributed by atoms with Gasteiger partial charge in [-0.15, -0.1) is 0 Å². The van der Waals surface area contributed by atoms with Crippen molar-refractivity contribution in [3.05, 3.63) is 0 Å². The Hall–Kier alpha value is -1.26. The molecule has 1 heterocycles. The number of hydrogen-bond donors (Lipinski definition) is 0. The summed E-state index contributed by atoms with van der Waals surface area (Å²) in [4.78, 5) is 26.8. The van der Waals surface area contributed by atoms with Gasteiger partial charge < -0.3 is 9.47 Å². The molecule has 0 N–H and O–H groups in total. The number of amides is 1. The number of nitrogens with zero attached hydrogens (tertiary/aromatic N) is 1. The molecule has 1 aliphatic heterocycles. The van der Waals surface area contributed by atoms with E-state index in [1.807, 2.05) is 20.8 Å². The van der Waals surface area contributed by atoms with E-state index in [1.165, 1.54) is 0 Å². The summed E-state index contributed by atoms with van der Waals surface area (Å²) in [5.41, 5.74) is -1.59. The molecule has 0 saturated carbocycles. The molecule has 22 heavy (non-hydrogen) atoms. The minimum absolute atomic E-state index is 0.0998. The Labute approximate surface area is 134 Å². The Balaban J connectivity index is 3.12. The average molecular weight is 313 g/mol. The first-order valence-electron chi connectivity index (χ1n) is 8.09. The molecule has 1 fully saturated rings. The first-order chi connectivity index (χ1) is 9.91. The van der Waals surface area contributed by atoms with Gasteiger partial charge in [0.2, 0.25) is 0 Å². The molecule has 0 aromatic heterocycles. The molecule has 0 unspecified atom stereocenters. The molecule has 0 bridgehead atoms. The second kappa shape index (κ2) is 6.47. The molecule has 1 amide bonds. The van der Waals surface area contributed by atoms with Crippen LogP contribution in [-0.2, 0) is 14.3 Å². The predicted octanol–water partition coefficient (Wildman–Crippen LogP) is 3.76. The van der Waals surface area contributed by atoms with Crippen molar-refractivity contribution in [2.45, 2.75) is 78.9 Å². The summed E-state index contributed by atoms with van der Waals surface area (Å²) >= 11 is 0. The van der Waals surface area contributed by atoms with Crippen LogP contribution in [0.3, 0.4) is 0 Å². The van der Waals surface area contributed by atoms with Crippen molar-refractivity contribution in [1.82, 2.24) is 4.90 Å². The molecule has 0 spiro atoms. The number of likely N-dealkylation sites (tertiary alicyclic amines) is 1. The molecular weight excluding hydrogens is 282 g/mol. The maximum atomic E-state index is 12.7. The quantitative estimate of drug-likeness (QED) is 0.745. The SMILES string of the molecule is CCOC(=O)[C@]1(CC(C)(C)C)CCCN1C(=O)OC(C)(C)C. The largest absolute Gasteiger partial charge is 0.464 e. The monoisotopic (exact) mass is 313 g/mol.